The summed E-state index contributed by atoms with van der Waals surface area (Å²) in [5, 5.41) is 0. The first-order valence-electron chi connectivity index (χ1n) is 5.73. The van der Waals surface area contributed by atoms with Crippen molar-refractivity contribution in [2.24, 2.45) is 5.73 Å². The van der Waals surface area contributed by atoms with E-state index in [9.17, 15) is 9.18 Å². The maximum atomic E-state index is 13.8. The lowest BCUT2D eigenvalue weighted by atomic mass is 10.1. The lowest BCUT2D eigenvalue weighted by Crippen LogP contribution is -2.11. The molecule has 4 N–H and O–H groups in total. The maximum absolute atomic E-state index is 13.8. The summed E-state index contributed by atoms with van der Waals surface area (Å²) in [6.07, 6.45) is 0. The van der Waals surface area contributed by atoms with Crippen LogP contribution in [-0.2, 0) is 6.61 Å². The number of amides is 1. The topological polar surface area (TPSA) is 78.3 Å². The molecule has 2 rings (SSSR count). The fourth-order valence-electron chi connectivity index (χ4n) is 1.65. The van der Waals surface area contributed by atoms with Crippen LogP contribution in [0.2, 0.25) is 0 Å². The molecule has 0 aliphatic carbocycles. The molecule has 104 valence electrons. The van der Waals surface area contributed by atoms with Crippen molar-refractivity contribution in [1.29, 1.82) is 0 Å². The molecular formula is C14H12BrFN2O2. The predicted molar refractivity (Wildman–Crippen MR) is 77.8 cm³/mol. The van der Waals surface area contributed by atoms with Gasteiger partial charge in [0.1, 0.15) is 18.2 Å². The summed E-state index contributed by atoms with van der Waals surface area (Å²) in [7, 11) is 0. The summed E-state index contributed by atoms with van der Waals surface area (Å²) in [5.74, 6) is -0.685. The lowest BCUT2D eigenvalue weighted by molar-refractivity contribution is 0.0999. The number of carbonyl (C=O) groups is 1. The van der Waals surface area contributed by atoms with E-state index >= 15 is 0 Å². The fraction of sp³-hybridized carbons (Fsp3) is 0.0714. The Morgan fingerprint density at radius 3 is 2.60 bits per heavy atom. The van der Waals surface area contributed by atoms with Gasteiger partial charge in [-0.3, -0.25) is 4.79 Å². The van der Waals surface area contributed by atoms with Gasteiger partial charge in [-0.2, -0.15) is 0 Å². The summed E-state index contributed by atoms with van der Waals surface area (Å²) < 4.78 is 20.0. The molecule has 0 saturated heterocycles. The number of hydrogen-bond acceptors (Lipinski definition) is 3. The molecule has 0 aliphatic rings. The number of nitrogen functional groups attached to an aromatic ring is 1. The van der Waals surface area contributed by atoms with Gasteiger partial charge in [-0.25, -0.2) is 4.39 Å². The molecule has 20 heavy (non-hydrogen) atoms. The number of primary amides is 1. The number of rotatable bonds is 4. The molecule has 0 aliphatic heterocycles. The van der Waals surface area contributed by atoms with Gasteiger partial charge in [0, 0.05) is 27.4 Å². The van der Waals surface area contributed by atoms with Crippen LogP contribution in [0.3, 0.4) is 0 Å². The van der Waals surface area contributed by atoms with Crippen molar-refractivity contribution in [3.05, 3.63) is 57.8 Å². The average molecular weight is 339 g/mol. The highest BCUT2D eigenvalue weighted by Crippen LogP contribution is 2.24. The highest BCUT2D eigenvalue weighted by atomic mass is 79.9. The van der Waals surface area contributed by atoms with E-state index in [1.807, 2.05) is 0 Å². The van der Waals surface area contributed by atoms with Crippen LogP contribution in [0, 0.1) is 5.82 Å². The molecule has 0 fully saturated rings. The Kier molecular flexibility index (Phi) is 4.24. The predicted octanol–water partition coefficient (Wildman–Crippen LogP) is 2.85. The van der Waals surface area contributed by atoms with Crippen LogP contribution < -0.4 is 16.2 Å². The number of anilines is 1. The summed E-state index contributed by atoms with van der Waals surface area (Å²) in [5.41, 5.74) is 11.7. The van der Waals surface area contributed by atoms with Crippen molar-refractivity contribution in [2.45, 2.75) is 6.61 Å². The molecule has 0 aromatic heterocycles. The van der Waals surface area contributed by atoms with Crippen molar-refractivity contribution in [3.63, 3.8) is 0 Å². The van der Waals surface area contributed by atoms with E-state index in [1.54, 1.807) is 18.2 Å². The second kappa shape index (κ2) is 5.92. The average Bonchev–Trinajstić information content (AvgIpc) is 2.36. The Bertz CT molecular complexity index is 641. The second-order valence-electron chi connectivity index (χ2n) is 4.18. The molecular weight excluding hydrogens is 327 g/mol. The Morgan fingerprint density at radius 1 is 1.25 bits per heavy atom. The quantitative estimate of drug-likeness (QED) is 0.841. The number of carbonyl (C=O) groups excluding carboxylic acids is 1. The first-order valence-corrected chi connectivity index (χ1v) is 6.52. The van der Waals surface area contributed by atoms with E-state index in [4.69, 9.17) is 16.2 Å². The third-order valence-corrected chi connectivity index (χ3v) is 3.08. The van der Waals surface area contributed by atoms with Gasteiger partial charge in [0.15, 0.2) is 0 Å². The van der Waals surface area contributed by atoms with Crippen LogP contribution in [0.25, 0.3) is 0 Å². The van der Waals surface area contributed by atoms with Crippen LogP contribution in [0.4, 0.5) is 10.1 Å². The van der Waals surface area contributed by atoms with Gasteiger partial charge in [-0.15, -0.1) is 0 Å². The van der Waals surface area contributed by atoms with E-state index < -0.39 is 11.7 Å². The fourth-order valence-corrected chi connectivity index (χ4v) is 2.14. The van der Waals surface area contributed by atoms with Gasteiger partial charge in [-0.1, -0.05) is 22.0 Å². The minimum absolute atomic E-state index is 0.0285. The van der Waals surface area contributed by atoms with Crippen LogP contribution in [-0.4, -0.2) is 5.91 Å². The SMILES string of the molecule is NC(=O)c1ccc(COc2cc(N)cc(Br)c2)c(F)c1. The molecule has 0 radical (unpaired) electrons. The molecule has 6 heteroatoms. The van der Waals surface area contributed by atoms with E-state index in [0.29, 0.717) is 17.0 Å². The van der Waals surface area contributed by atoms with Crippen molar-refractivity contribution in [2.75, 3.05) is 5.73 Å². The van der Waals surface area contributed by atoms with E-state index in [1.165, 1.54) is 12.1 Å². The van der Waals surface area contributed by atoms with Gasteiger partial charge in [0.2, 0.25) is 5.91 Å². The molecule has 2 aromatic carbocycles. The van der Waals surface area contributed by atoms with Crippen LogP contribution in [0.5, 0.6) is 5.75 Å². The van der Waals surface area contributed by atoms with Crippen molar-refractivity contribution >= 4 is 27.5 Å². The van der Waals surface area contributed by atoms with Crippen LogP contribution in [0.15, 0.2) is 40.9 Å². The van der Waals surface area contributed by atoms with Gasteiger partial charge in [0.25, 0.3) is 0 Å². The van der Waals surface area contributed by atoms with E-state index in [-0.39, 0.29) is 12.2 Å². The summed E-state index contributed by atoms with van der Waals surface area (Å²) in [6, 6.07) is 9.12. The summed E-state index contributed by atoms with van der Waals surface area (Å²) in [4.78, 5) is 10.9. The van der Waals surface area contributed by atoms with Crippen molar-refractivity contribution in [3.8, 4) is 5.75 Å². The number of benzene rings is 2. The zero-order valence-electron chi connectivity index (χ0n) is 10.4. The number of nitrogens with two attached hydrogens (primary N) is 2. The molecule has 0 bridgehead atoms. The smallest absolute Gasteiger partial charge is 0.248 e. The van der Waals surface area contributed by atoms with Crippen LogP contribution >= 0.6 is 15.9 Å². The minimum Gasteiger partial charge on any atom is -0.489 e. The minimum atomic E-state index is -0.670. The molecule has 2 aromatic rings. The first kappa shape index (κ1) is 14.3. The number of halogens is 2. The Morgan fingerprint density at radius 2 is 2.00 bits per heavy atom. The lowest BCUT2D eigenvalue weighted by Gasteiger charge is -2.09. The van der Waals surface area contributed by atoms with Gasteiger partial charge < -0.3 is 16.2 Å². The molecule has 1 amide bonds. The van der Waals surface area contributed by atoms with E-state index in [2.05, 4.69) is 15.9 Å². The number of ether oxygens (including phenoxy) is 1. The van der Waals surface area contributed by atoms with Gasteiger partial charge >= 0.3 is 0 Å². The zero-order valence-corrected chi connectivity index (χ0v) is 12.0. The van der Waals surface area contributed by atoms with E-state index in [0.717, 1.165) is 10.5 Å². The van der Waals surface area contributed by atoms with Crippen molar-refractivity contribution < 1.29 is 13.9 Å². The summed E-state index contributed by atoms with van der Waals surface area (Å²) in [6.45, 7) is 0.0285. The van der Waals surface area contributed by atoms with Gasteiger partial charge in [-0.05, 0) is 24.3 Å². The van der Waals surface area contributed by atoms with Crippen LogP contribution in [0.1, 0.15) is 15.9 Å². The normalized spacial score (nSPS) is 10.3. The monoisotopic (exact) mass is 338 g/mol. The van der Waals surface area contributed by atoms with Crippen molar-refractivity contribution in [1.82, 2.24) is 0 Å². The zero-order chi connectivity index (χ0) is 14.7. The Labute approximate surface area is 123 Å². The molecule has 0 unspecified atom stereocenters. The molecule has 4 nitrogen and oxygen atoms in total. The maximum Gasteiger partial charge on any atom is 0.248 e. The third kappa shape index (κ3) is 3.48. The molecule has 0 atom stereocenters. The first-order chi connectivity index (χ1) is 9.45. The molecule has 0 spiro atoms. The standard InChI is InChI=1S/C14H12BrFN2O2/c15-10-4-11(17)6-12(5-10)20-7-9-2-1-8(14(18)19)3-13(9)16/h1-6H,7,17H2,(H2,18,19). The highest BCUT2D eigenvalue weighted by molar-refractivity contribution is 9.10. The number of hydrogen-bond donors (Lipinski definition) is 2. The second-order valence-corrected chi connectivity index (χ2v) is 5.10. The Hall–Kier alpha value is -2.08. The third-order valence-electron chi connectivity index (χ3n) is 2.63. The Balaban J connectivity index is 2.12. The molecule has 0 heterocycles. The summed E-state index contributed by atoms with van der Waals surface area (Å²) >= 11 is 3.29. The van der Waals surface area contributed by atoms with Gasteiger partial charge in [0.05, 0.1) is 0 Å². The molecule has 0 saturated carbocycles. The highest BCUT2D eigenvalue weighted by Gasteiger charge is 2.08. The largest absolute Gasteiger partial charge is 0.489 e.